The number of benzene rings is 1. The lowest BCUT2D eigenvalue weighted by atomic mass is 9.90. The minimum Gasteiger partial charge on any atom is -0.312 e. The second kappa shape index (κ2) is 7.01. The first-order chi connectivity index (χ1) is 9.14. The molecule has 1 heterocycles. The van der Waals surface area contributed by atoms with Gasteiger partial charge in [-0.3, -0.25) is 0 Å². The minimum absolute atomic E-state index is 0.373. The molecule has 2 rings (SSSR count). The van der Waals surface area contributed by atoms with Crippen molar-refractivity contribution in [3.63, 3.8) is 0 Å². The average molecular weight is 298 g/mol. The van der Waals surface area contributed by atoms with Crippen molar-refractivity contribution < 1.29 is 0 Å². The van der Waals surface area contributed by atoms with Gasteiger partial charge < -0.3 is 5.32 Å². The van der Waals surface area contributed by atoms with Crippen LogP contribution in [0.15, 0.2) is 24.3 Å². The first-order valence-electron chi connectivity index (χ1n) is 7.26. The van der Waals surface area contributed by atoms with Gasteiger partial charge >= 0.3 is 0 Å². The lowest BCUT2D eigenvalue weighted by Gasteiger charge is -2.34. The molecule has 0 amide bonds. The van der Waals surface area contributed by atoms with Crippen molar-refractivity contribution in [2.24, 2.45) is 0 Å². The van der Waals surface area contributed by atoms with Gasteiger partial charge in [0.2, 0.25) is 0 Å². The van der Waals surface area contributed by atoms with E-state index < -0.39 is 0 Å². The van der Waals surface area contributed by atoms with Crippen LogP contribution in [-0.4, -0.2) is 23.1 Å². The van der Waals surface area contributed by atoms with Crippen LogP contribution in [0.1, 0.15) is 38.7 Å². The fraction of sp³-hybridized carbons (Fsp3) is 0.625. The van der Waals surface area contributed by atoms with Crippen molar-refractivity contribution >= 4 is 23.4 Å². The summed E-state index contributed by atoms with van der Waals surface area (Å²) in [4.78, 5) is 0. The molecule has 1 N–H and O–H groups in total. The normalized spacial score (nSPS) is 24.6. The number of hydrogen-bond donors (Lipinski definition) is 1. The van der Waals surface area contributed by atoms with Gasteiger partial charge in [-0.05, 0) is 62.6 Å². The summed E-state index contributed by atoms with van der Waals surface area (Å²) in [5, 5.41) is 4.60. The molecule has 1 fully saturated rings. The van der Waals surface area contributed by atoms with Gasteiger partial charge in [-0.25, -0.2) is 0 Å². The number of hydrogen-bond acceptors (Lipinski definition) is 2. The standard InChI is InChI=1S/C16H24ClNS/c1-3-9-18-15(16(2)8-5-10-19-16)12-13-6-4-7-14(17)11-13/h4,6-7,11,15,18H,3,5,8-10,12H2,1-2H3. The van der Waals surface area contributed by atoms with Gasteiger partial charge in [0.15, 0.2) is 0 Å². The number of nitrogens with one attached hydrogen (secondary N) is 1. The van der Waals surface area contributed by atoms with Crippen molar-refractivity contribution in [1.29, 1.82) is 0 Å². The van der Waals surface area contributed by atoms with E-state index in [4.69, 9.17) is 11.6 Å². The van der Waals surface area contributed by atoms with E-state index >= 15 is 0 Å². The summed E-state index contributed by atoms with van der Waals surface area (Å²) >= 11 is 8.23. The van der Waals surface area contributed by atoms with Gasteiger partial charge in [-0.1, -0.05) is 30.7 Å². The fourth-order valence-electron chi connectivity index (χ4n) is 2.80. The van der Waals surface area contributed by atoms with Gasteiger partial charge in [0, 0.05) is 15.8 Å². The van der Waals surface area contributed by atoms with Crippen molar-refractivity contribution in [1.82, 2.24) is 5.32 Å². The van der Waals surface area contributed by atoms with E-state index in [0.717, 1.165) is 18.0 Å². The van der Waals surface area contributed by atoms with Crippen LogP contribution in [0, 0.1) is 0 Å². The van der Waals surface area contributed by atoms with E-state index in [0.29, 0.717) is 10.8 Å². The van der Waals surface area contributed by atoms with Crippen LogP contribution in [0.5, 0.6) is 0 Å². The zero-order chi connectivity index (χ0) is 13.7. The molecule has 106 valence electrons. The summed E-state index contributed by atoms with van der Waals surface area (Å²) in [6.45, 7) is 5.75. The first-order valence-corrected chi connectivity index (χ1v) is 8.62. The third-order valence-corrected chi connectivity index (χ3v) is 5.83. The molecule has 0 bridgehead atoms. The molecule has 1 nitrogen and oxygen atoms in total. The van der Waals surface area contributed by atoms with Crippen molar-refractivity contribution in [2.75, 3.05) is 12.3 Å². The zero-order valence-corrected chi connectivity index (χ0v) is 13.5. The third kappa shape index (κ3) is 4.14. The van der Waals surface area contributed by atoms with Gasteiger partial charge in [-0.2, -0.15) is 11.8 Å². The van der Waals surface area contributed by atoms with E-state index in [2.05, 4.69) is 49.1 Å². The Bertz CT molecular complexity index is 401. The number of rotatable bonds is 6. The molecule has 2 atom stereocenters. The molecule has 1 aliphatic heterocycles. The molecule has 1 aliphatic rings. The number of thioether (sulfide) groups is 1. The molecule has 2 unspecified atom stereocenters. The van der Waals surface area contributed by atoms with Crippen LogP contribution in [0.4, 0.5) is 0 Å². The highest BCUT2D eigenvalue weighted by atomic mass is 35.5. The smallest absolute Gasteiger partial charge is 0.0408 e. The molecule has 0 saturated carbocycles. The van der Waals surface area contributed by atoms with E-state index in [9.17, 15) is 0 Å². The topological polar surface area (TPSA) is 12.0 Å². The Morgan fingerprint density at radius 2 is 2.32 bits per heavy atom. The predicted octanol–water partition coefficient (Wildman–Crippen LogP) is 4.54. The van der Waals surface area contributed by atoms with Gasteiger partial charge in [0.25, 0.3) is 0 Å². The predicted molar refractivity (Wildman–Crippen MR) is 87.3 cm³/mol. The molecule has 3 heteroatoms. The highest BCUT2D eigenvalue weighted by molar-refractivity contribution is 8.00. The van der Waals surface area contributed by atoms with Crippen LogP contribution < -0.4 is 5.32 Å². The van der Waals surface area contributed by atoms with Crippen molar-refractivity contribution in [3.05, 3.63) is 34.9 Å². The summed E-state index contributed by atoms with van der Waals surface area (Å²) in [5.74, 6) is 1.30. The Balaban J connectivity index is 2.09. The van der Waals surface area contributed by atoms with Crippen LogP contribution in [-0.2, 0) is 6.42 Å². The summed E-state index contributed by atoms with van der Waals surface area (Å²) in [5.41, 5.74) is 1.34. The van der Waals surface area contributed by atoms with Gasteiger partial charge in [0.05, 0.1) is 0 Å². The van der Waals surface area contributed by atoms with Crippen molar-refractivity contribution in [2.45, 2.75) is 50.3 Å². The first kappa shape index (κ1) is 15.2. The largest absolute Gasteiger partial charge is 0.312 e. The summed E-state index contributed by atoms with van der Waals surface area (Å²) in [6.07, 6.45) is 4.93. The highest BCUT2D eigenvalue weighted by Crippen LogP contribution is 2.41. The maximum absolute atomic E-state index is 6.10. The van der Waals surface area contributed by atoms with Gasteiger partial charge in [-0.15, -0.1) is 0 Å². The Hall–Kier alpha value is -0.180. The van der Waals surface area contributed by atoms with Crippen LogP contribution >= 0.6 is 23.4 Å². The maximum atomic E-state index is 6.10. The van der Waals surface area contributed by atoms with E-state index in [1.165, 1.54) is 30.6 Å². The van der Waals surface area contributed by atoms with E-state index in [-0.39, 0.29) is 0 Å². The second-order valence-electron chi connectivity index (χ2n) is 5.61. The molecule has 0 radical (unpaired) electrons. The fourth-order valence-corrected chi connectivity index (χ4v) is 4.42. The Labute approximate surface area is 126 Å². The lowest BCUT2D eigenvalue weighted by Crippen LogP contribution is -2.47. The molecule has 1 saturated heterocycles. The average Bonchev–Trinajstić information content (AvgIpc) is 2.82. The van der Waals surface area contributed by atoms with Gasteiger partial charge in [0.1, 0.15) is 0 Å². The zero-order valence-electron chi connectivity index (χ0n) is 11.9. The third-order valence-electron chi connectivity index (χ3n) is 3.96. The van der Waals surface area contributed by atoms with Crippen LogP contribution in [0.2, 0.25) is 5.02 Å². The summed E-state index contributed by atoms with van der Waals surface area (Å²) in [6, 6.07) is 8.84. The molecule has 0 spiro atoms. The quantitative estimate of drug-likeness (QED) is 0.827. The summed E-state index contributed by atoms with van der Waals surface area (Å²) in [7, 11) is 0. The molecule has 1 aromatic carbocycles. The van der Waals surface area contributed by atoms with Crippen LogP contribution in [0.25, 0.3) is 0 Å². The monoisotopic (exact) mass is 297 g/mol. The molecule has 0 aromatic heterocycles. The van der Waals surface area contributed by atoms with Crippen LogP contribution in [0.3, 0.4) is 0 Å². The lowest BCUT2D eigenvalue weighted by molar-refractivity contribution is 0.399. The second-order valence-corrected chi connectivity index (χ2v) is 7.67. The SMILES string of the molecule is CCCNC(Cc1cccc(Cl)c1)C1(C)CCCS1. The Morgan fingerprint density at radius 3 is 2.95 bits per heavy atom. The molecular weight excluding hydrogens is 274 g/mol. The number of halogens is 1. The van der Waals surface area contributed by atoms with E-state index in [1.807, 2.05) is 6.07 Å². The Morgan fingerprint density at radius 1 is 1.47 bits per heavy atom. The van der Waals surface area contributed by atoms with Crippen molar-refractivity contribution in [3.8, 4) is 0 Å². The summed E-state index contributed by atoms with van der Waals surface area (Å²) < 4.78 is 0.373. The molecule has 19 heavy (non-hydrogen) atoms. The minimum atomic E-state index is 0.373. The highest BCUT2D eigenvalue weighted by Gasteiger charge is 2.37. The molecule has 0 aliphatic carbocycles. The Kier molecular flexibility index (Phi) is 5.61. The molecular formula is C16H24ClNS. The van der Waals surface area contributed by atoms with E-state index in [1.54, 1.807) is 0 Å². The molecule has 1 aromatic rings. The maximum Gasteiger partial charge on any atom is 0.0408 e.